The summed E-state index contributed by atoms with van der Waals surface area (Å²) in [6.45, 7) is 8.76. The van der Waals surface area contributed by atoms with E-state index in [1.807, 2.05) is 0 Å². The first-order chi connectivity index (χ1) is 7.84. The van der Waals surface area contributed by atoms with Crippen LogP contribution in [0.2, 0.25) is 0 Å². The average molecular weight is 236 g/mol. The minimum absolute atomic E-state index is 0.0883. The van der Waals surface area contributed by atoms with Crippen molar-refractivity contribution in [2.45, 2.75) is 47.0 Å². The van der Waals surface area contributed by atoms with Crippen molar-refractivity contribution in [3.05, 3.63) is 11.6 Å². The Morgan fingerprint density at radius 2 is 2.06 bits per heavy atom. The van der Waals surface area contributed by atoms with E-state index in [-0.39, 0.29) is 23.4 Å². The summed E-state index contributed by atoms with van der Waals surface area (Å²) in [6.07, 6.45) is 4.81. The van der Waals surface area contributed by atoms with Crippen molar-refractivity contribution >= 4 is 5.78 Å². The van der Waals surface area contributed by atoms with Crippen LogP contribution in [0, 0.1) is 22.7 Å². The first-order valence-electron chi connectivity index (χ1n) is 6.65. The lowest BCUT2D eigenvalue weighted by Crippen LogP contribution is -2.53. The van der Waals surface area contributed by atoms with E-state index in [0.29, 0.717) is 18.1 Å². The van der Waals surface area contributed by atoms with Crippen LogP contribution in [0.15, 0.2) is 11.6 Å². The van der Waals surface area contributed by atoms with Crippen LogP contribution in [0.5, 0.6) is 0 Å². The minimum atomic E-state index is -0.238. The number of allylic oxidation sites excluding steroid dienone is 1. The Balaban J connectivity index is 2.45. The van der Waals surface area contributed by atoms with E-state index >= 15 is 0 Å². The third kappa shape index (κ3) is 1.69. The topological polar surface area (TPSA) is 37.3 Å². The number of hydrogen-bond acceptors (Lipinski definition) is 2. The van der Waals surface area contributed by atoms with Crippen LogP contribution < -0.4 is 0 Å². The average Bonchev–Trinajstić information content (AvgIpc) is 2.24. The number of rotatable bonds is 1. The smallest absolute Gasteiger partial charge is 0.138 e. The molecule has 0 aromatic rings. The van der Waals surface area contributed by atoms with Gasteiger partial charge in [0.1, 0.15) is 5.78 Å². The van der Waals surface area contributed by atoms with Gasteiger partial charge in [0.15, 0.2) is 0 Å². The maximum atomic E-state index is 12.1. The fourth-order valence-electron chi connectivity index (χ4n) is 4.20. The molecule has 17 heavy (non-hydrogen) atoms. The van der Waals surface area contributed by atoms with Gasteiger partial charge in [-0.05, 0) is 31.1 Å². The van der Waals surface area contributed by atoms with E-state index < -0.39 is 0 Å². The quantitative estimate of drug-likeness (QED) is 0.711. The highest BCUT2D eigenvalue weighted by Crippen LogP contribution is 2.58. The zero-order valence-corrected chi connectivity index (χ0v) is 11.4. The van der Waals surface area contributed by atoms with Crippen LogP contribution in [-0.2, 0) is 4.79 Å². The number of Topliss-reactive ketones (excluding diaryl/α,β-unsaturated/α-hetero) is 1. The summed E-state index contributed by atoms with van der Waals surface area (Å²) in [5, 5.41) is 9.68. The highest BCUT2D eigenvalue weighted by atomic mass is 16.3. The monoisotopic (exact) mass is 236 g/mol. The summed E-state index contributed by atoms with van der Waals surface area (Å²) in [5.74, 6) is 0.996. The number of aliphatic hydroxyl groups excluding tert-OH is 1. The predicted molar refractivity (Wildman–Crippen MR) is 68.6 cm³/mol. The Bertz CT molecular complexity index is 367. The lowest BCUT2D eigenvalue weighted by atomic mass is 9.48. The Morgan fingerprint density at radius 1 is 1.41 bits per heavy atom. The lowest BCUT2D eigenvalue weighted by Gasteiger charge is -2.55. The molecule has 1 saturated carbocycles. The molecule has 0 aliphatic heterocycles. The van der Waals surface area contributed by atoms with Crippen molar-refractivity contribution in [2.24, 2.45) is 22.7 Å². The molecule has 2 heteroatoms. The van der Waals surface area contributed by atoms with Gasteiger partial charge in [-0.15, -0.1) is 0 Å². The van der Waals surface area contributed by atoms with E-state index in [0.717, 1.165) is 12.8 Å². The summed E-state index contributed by atoms with van der Waals surface area (Å²) in [4.78, 5) is 12.1. The molecule has 2 aliphatic carbocycles. The second-order valence-electron chi connectivity index (χ2n) is 6.62. The number of carbonyl (C=O) groups excluding carboxylic acids is 1. The van der Waals surface area contributed by atoms with Gasteiger partial charge < -0.3 is 5.11 Å². The van der Waals surface area contributed by atoms with Gasteiger partial charge in [0.2, 0.25) is 0 Å². The maximum Gasteiger partial charge on any atom is 0.138 e. The summed E-state index contributed by atoms with van der Waals surface area (Å²) in [7, 11) is 0. The van der Waals surface area contributed by atoms with E-state index in [2.05, 4.69) is 33.8 Å². The van der Waals surface area contributed by atoms with Gasteiger partial charge in [-0.3, -0.25) is 4.79 Å². The van der Waals surface area contributed by atoms with Crippen LogP contribution in [0.4, 0.5) is 0 Å². The summed E-state index contributed by atoms with van der Waals surface area (Å²) in [6, 6.07) is 0. The summed E-state index contributed by atoms with van der Waals surface area (Å²) >= 11 is 0. The molecule has 1 fully saturated rings. The summed E-state index contributed by atoms with van der Waals surface area (Å²) < 4.78 is 0. The molecule has 0 aromatic heterocycles. The Hall–Kier alpha value is -0.630. The SMILES string of the molecule is CC1=CC[C@H]2C(C)(C)C(=O)CC[C@]2(C)[C@H]1CO. The van der Waals surface area contributed by atoms with E-state index in [1.54, 1.807) is 0 Å². The summed E-state index contributed by atoms with van der Waals surface area (Å²) in [5.41, 5.74) is 1.15. The standard InChI is InChI=1S/C15H24O2/c1-10-5-6-12-14(2,3)13(17)7-8-15(12,4)11(10)9-16/h5,11-12,16H,6-9H2,1-4H3/t11-,12-,15+/m0/s1. The van der Waals surface area contributed by atoms with Crippen molar-refractivity contribution in [1.82, 2.24) is 0 Å². The minimum Gasteiger partial charge on any atom is -0.396 e. The number of hydrogen-bond donors (Lipinski definition) is 1. The molecule has 3 atom stereocenters. The van der Waals surface area contributed by atoms with Crippen LogP contribution in [0.1, 0.15) is 47.0 Å². The predicted octanol–water partition coefficient (Wildman–Crippen LogP) is 2.96. The Labute approximate surface area is 104 Å². The van der Waals surface area contributed by atoms with Crippen LogP contribution in [-0.4, -0.2) is 17.5 Å². The molecule has 2 nitrogen and oxygen atoms in total. The van der Waals surface area contributed by atoms with E-state index in [9.17, 15) is 9.90 Å². The van der Waals surface area contributed by atoms with Gasteiger partial charge in [-0.25, -0.2) is 0 Å². The number of ketones is 1. The number of aliphatic hydroxyl groups is 1. The van der Waals surface area contributed by atoms with Gasteiger partial charge in [-0.1, -0.05) is 32.4 Å². The molecule has 96 valence electrons. The zero-order chi connectivity index (χ0) is 12.8. The normalized spacial score (nSPS) is 40.8. The lowest BCUT2D eigenvalue weighted by molar-refractivity contribution is -0.144. The van der Waals surface area contributed by atoms with Gasteiger partial charge in [-0.2, -0.15) is 0 Å². The number of fused-ring (bicyclic) bond motifs is 1. The fourth-order valence-corrected chi connectivity index (χ4v) is 4.20. The van der Waals surface area contributed by atoms with E-state index in [1.165, 1.54) is 5.57 Å². The molecule has 2 rings (SSSR count). The Kier molecular flexibility index (Phi) is 2.97. The third-order valence-electron chi connectivity index (χ3n) is 5.48. The highest BCUT2D eigenvalue weighted by molar-refractivity contribution is 5.85. The van der Waals surface area contributed by atoms with Gasteiger partial charge in [0.05, 0.1) is 6.61 Å². The Morgan fingerprint density at radius 3 is 2.65 bits per heavy atom. The molecule has 0 amide bonds. The van der Waals surface area contributed by atoms with Gasteiger partial charge in [0, 0.05) is 17.8 Å². The van der Waals surface area contributed by atoms with Crippen molar-refractivity contribution in [3.63, 3.8) is 0 Å². The molecule has 0 radical (unpaired) electrons. The second-order valence-corrected chi connectivity index (χ2v) is 6.62. The van der Waals surface area contributed by atoms with Crippen LogP contribution >= 0.6 is 0 Å². The molecule has 2 aliphatic rings. The van der Waals surface area contributed by atoms with Crippen LogP contribution in [0.3, 0.4) is 0 Å². The third-order valence-corrected chi connectivity index (χ3v) is 5.48. The maximum absolute atomic E-state index is 12.1. The highest BCUT2D eigenvalue weighted by Gasteiger charge is 2.54. The molecule has 0 saturated heterocycles. The van der Waals surface area contributed by atoms with Crippen molar-refractivity contribution in [2.75, 3.05) is 6.61 Å². The van der Waals surface area contributed by atoms with E-state index in [4.69, 9.17) is 0 Å². The molecule has 0 bridgehead atoms. The largest absolute Gasteiger partial charge is 0.396 e. The van der Waals surface area contributed by atoms with Crippen LogP contribution in [0.25, 0.3) is 0 Å². The van der Waals surface area contributed by atoms with Gasteiger partial charge >= 0.3 is 0 Å². The first kappa shape index (κ1) is 12.8. The molecule has 0 aromatic carbocycles. The molecule has 0 unspecified atom stereocenters. The molecule has 0 spiro atoms. The number of carbonyl (C=O) groups is 1. The molecule has 0 heterocycles. The molecular weight excluding hydrogens is 212 g/mol. The second kappa shape index (κ2) is 3.94. The first-order valence-corrected chi connectivity index (χ1v) is 6.65. The fraction of sp³-hybridized carbons (Fsp3) is 0.800. The van der Waals surface area contributed by atoms with Crippen molar-refractivity contribution in [3.8, 4) is 0 Å². The molecule has 1 N–H and O–H groups in total. The molecular formula is C15H24O2. The zero-order valence-electron chi connectivity index (χ0n) is 11.4. The van der Waals surface area contributed by atoms with Gasteiger partial charge in [0.25, 0.3) is 0 Å². The van der Waals surface area contributed by atoms with Crippen molar-refractivity contribution in [1.29, 1.82) is 0 Å². The van der Waals surface area contributed by atoms with Crippen molar-refractivity contribution < 1.29 is 9.90 Å².